The lowest BCUT2D eigenvalue weighted by molar-refractivity contribution is 0.103. The number of ketones is 1. The van der Waals surface area contributed by atoms with Crippen molar-refractivity contribution in [1.82, 2.24) is 9.97 Å². The molecule has 0 saturated carbocycles. The first kappa shape index (κ1) is 18.4. The van der Waals surface area contributed by atoms with Gasteiger partial charge in [0, 0.05) is 22.6 Å². The van der Waals surface area contributed by atoms with Gasteiger partial charge >= 0.3 is 0 Å². The molecular formula is C24H22N4O2. The van der Waals surface area contributed by atoms with E-state index in [9.17, 15) is 9.59 Å². The third-order valence-electron chi connectivity index (χ3n) is 6.20. The van der Waals surface area contributed by atoms with Crippen molar-refractivity contribution in [2.45, 2.75) is 32.1 Å². The predicted molar refractivity (Wildman–Crippen MR) is 118 cm³/mol. The van der Waals surface area contributed by atoms with Crippen molar-refractivity contribution in [2.75, 3.05) is 11.1 Å². The average molecular weight is 398 g/mol. The number of carbonyl (C=O) groups is 1. The molecule has 0 fully saturated rings. The van der Waals surface area contributed by atoms with Gasteiger partial charge in [-0.1, -0.05) is 62.4 Å². The standard InChI is InChI=1S/C24H22N4O2/c1-3-12(2)13-8-10-14(11-9-13)17-18-20(15-6-4-5-7-16(15)21(18)29)26-22-19(17)23(30)28-24(25)27-22/h4-12,17H,3H2,1-2H3,(H4,25,26,27,28,30)/t12-,17+/m0/s1. The van der Waals surface area contributed by atoms with Crippen molar-refractivity contribution in [2.24, 2.45) is 0 Å². The Bertz CT molecular complexity index is 1270. The van der Waals surface area contributed by atoms with Crippen LogP contribution in [0.15, 0.2) is 58.9 Å². The fraction of sp³-hybridized carbons (Fsp3) is 0.208. The van der Waals surface area contributed by atoms with E-state index in [1.54, 1.807) is 0 Å². The monoisotopic (exact) mass is 398 g/mol. The summed E-state index contributed by atoms with van der Waals surface area (Å²) < 4.78 is 0. The minimum atomic E-state index is -0.515. The molecule has 3 aromatic rings. The van der Waals surface area contributed by atoms with Crippen molar-refractivity contribution >= 4 is 23.2 Å². The van der Waals surface area contributed by atoms with Crippen molar-refractivity contribution < 1.29 is 4.79 Å². The number of carbonyl (C=O) groups excluding carboxylic acids is 1. The van der Waals surface area contributed by atoms with Crippen LogP contribution >= 0.6 is 0 Å². The molecule has 0 bridgehead atoms. The number of H-pyrrole nitrogens is 1. The van der Waals surface area contributed by atoms with Gasteiger partial charge in [-0.3, -0.25) is 14.6 Å². The van der Waals surface area contributed by atoms with Crippen LogP contribution in [0.2, 0.25) is 0 Å². The van der Waals surface area contributed by atoms with E-state index >= 15 is 0 Å². The minimum Gasteiger partial charge on any atom is -0.369 e. The summed E-state index contributed by atoms with van der Waals surface area (Å²) in [6.07, 6.45) is 1.04. The molecule has 150 valence electrons. The molecule has 6 nitrogen and oxygen atoms in total. The zero-order valence-corrected chi connectivity index (χ0v) is 16.8. The fourth-order valence-electron chi connectivity index (χ4n) is 4.42. The molecule has 4 N–H and O–H groups in total. The Balaban J connectivity index is 1.74. The summed E-state index contributed by atoms with van der Waals surface area (Å²) in [6, 6.07) is 15.7. The maximum Gasteiger partial charge on any atom is 0.258 e. The van der Waals surface area contributed by atoms with Crippen LogP contribution in [-0.2, 0) is 0 Å². The van der Waals surface area contributed by atoms with Gasteiger partial charge < -0.3 is 11.1 Å². The van der Waals surface area contributed by atoms with Gasteiger partial charge in [-0.25, -0.2) is 0 Å². The molecule has 5 rings (SSSR count). The summed E-state index contributed by atoms with van der Waals surface area (Å²) in [4.78, 5) is 33.2. The lowest BCUT2D eigenvalue weighted by Crippen LogP contribution is -2.28. The molecule has 2 aromatic carbocycles. The number of allylic oxidation sites excluding steroid dienone is 1. The van der Waals surface area contributed by atoms with Gasteiger partial charge in [-0.05, 0) is 23.5 Å². The third-order valence-corrected chi connectivity index (χ3v) is 6.20. The fourth-order valence-corrected chi connectivity index (χ4v) is 4.42. The number of nitrogens with zero attached hydrogens (tertiary/aromatic N) is 1. The van der Waals surface area contributed by atoms with Gasteiger partial charge in [0.25, 0.3) is 5.56 Å². The molecule has 0 saturated heterocycles. The van der Waals surface area contributed by atoms with E-state index in [1.165, 1.54) is 5.56 Å². The maximum atomic E-state index is 13.4. The number of aromatic amines is 1. The summed E-state index contributed by atoms with van der Waals surface area (Å²) in [6.45, 7) is 4.34. The van der Waals surface area contributed by atoms with Crippen LogP contribution in [0.25, 0.3) is 5.70 Å². The number of benzene rings is 2. The van der Waals surface area contributed by atoms with E-state index in [-0.39, 0.29) is 17.3 Å². The summed E-state index contributed by atoms with van der Waals surface area (Å²) >= 11 is 0. The Morgan fingerprint density at radius 1 is 1.07 bits per heavy atom. The maximum absolute atomic E-state index is 13.4. The molecule has 2 heterocycles. The predicted octanol–water partition coefficient (Wildman–Crippen LogP) is 4.03. The summed E-state index contributed by atoms with van der Waals surface area (Å²) in [7, 11) is 0. The van der Waals surface area contributed by atoms with Crippen molar-refractivity contribution in [3.05, 3.63) is 92.3 Å². The molecule has 1 aliphatic heterocycles. The molecule has 1 aromatic heterocycles. The lowest BCUT2D eigenvalue weighted by Gasteiger charge is -2.27. The number of fused-ring (bicyclic) bond motifs is 3. The van der Waals surface area contributed by atoms with Gasteiger partial charge in [-0.2, -0.15) is 4.98 Å². The number of Topliss-reactive ketones (excluding diaryl/α,β-unsaturated/α-hetero) is 1. The van der Waals surface area contributed by atoms with Crippen molar-refractivity contribution in [1.29, 1.82) is 0 Å². The molecule has 0 amide bonds. The van der Waals surface area contributed by atoms with Crippen LogP contribution in [0.1, 0.15) is 64.7 Å². The number of nitrogen functional groups attached to an aromatic ring is 1. The number of nitrogens with two attached hydrogens (primary N) is 1. The van der Waals surface area contributed by atoms with Gasteiger partial charge in [0.2, 0.25) is 5.95 Å². The zero-order chi connectivity index (χ0) is 21.0. The van der Waals surface area contributed by atoms with Gasteiger partial charge in [0.1, 0.15) is 5.82 Å². The molecule has 2 atom stereocenters. The molecule has 1 aliphatic carbocycles. The SMILES string of the molecule is CC[C@H](C)c1ccc([C@@H]2C3=C(Nc4nc(N)[nH]c(=O)c42)c2ccccc2C3=O)cc1. The largest absolute Gasteiger partial charge is 0.369 e. The number of hydrogen-bond acceptors (Lipinski definition) is 5. The molecule has 30 heavy (non-hydrogen) atoms. The Hall–Kier alpha value is -3.67. The molecule has 2 aliphatic rings. The number of nitrogens with one attached hydrogen (secondary N) is 2. The first-order valence-electron chi connectivity index (χ1n) is 10.1. The molecule has 0 unspecified atom stereocenters. The van der Waals surface area contributed by atoms with Crippen LogP contribution in [-0.4, -0.2) is 15.8 Å². The second kappa shape index (κ2) is 6.69. The third kappa shape index (κ3) is 2.60. The first-order valence-corrected chi connectivity index (χ1v) is 10.1. The Labute approximate surface area is 173 Å². The average Bonchev–Trinajstić information content (AvgIpc) is 3.04. The van der Waals surface area contributed by atoms with Crippen LogP contribution in [0.3, 0.4) is 0 Å². The quantitative estimate of drug-likeness (QED) is 0.618. The topological polar surface area (TPSA) is 101 Å². The van der Waals surface area contributed by atoms with E-state index < -0.39 is 5.92 Å². The van der Waals surface area contributed by atoms with E-state index in [2.05, 4.69) is 41.3 Å². The smallest absolute Gasteiger partial charge is 0.258 e. The van der Waals surface area contributed by atoms with Gasteiger partial charge in [0.15, 0.2) is 5.78 Å². The van der Waals surface area contributed by atoms with Gasteiger partial charge in [0.05, 0.1) is 11.3 Å². The zero-order valence-electron chi connectivity index (χ0n) is 16.8. The highest BCUT2D eigenvalue weighted by Gasteiger charge is 2.41. The summed E-state index contributed by atoms with van der Waals surface area (Å²) in [5.74, 6) is 0.301. The Morgan fingerprint density at radius 3 is 2.47 bits per heavy atom. The lowest BCUT2D eigenvalue weighted by atomic mass is 9.81. The summed E-state index contributed by atoms with van der Waals surface area (Å²) in [5.41, 5.74) is 10.7. The van der Waals surface area contributed by atoms with Crippen LogP contribution in [0.5, 0.6) is 0 Å². The number of anilines is 2. The van der Waals surface area contributed by atoms with E-state index in [0.717, 1.165) is 17.5 Å². The first-order chi connectivity index (χ1) is 14.5. The van der Waals surface area contributed by atoms with Crippen LogP contribution in [0, 0.1) is 0 Å². The van der Waals surface area contributed by atoms with Crippen molar-refractivity contribution in [3.63, 3.8) is 0 Å². The van der Waals surface area contributed by atoms with Crippen LogP contribution < -0.4 is 16.6 Å². The van der Waals surface area contributed by atoms with Crippen molar-refractivity contribution in [3.8, 4) is 0 Å². The molecule has 0 spiro atoms. The van der Waals surface area contributed by atoms with Gasteiger partial charge in [-0.15, -0.1) is 0 Å². The molecule has 6 heteroatoms. The highest BCUT2D eigenvalue weighted by atomic mass is 16.1. The molecule has 0 radical (unpaired) electrons. The van der Waals surface area contributed by atoms with E-state index in [4.69, 9.17) is 5.73 Å². The molecular weight excluding hydrogens is 376 g/mol. The van der Waals surface area contributed by atoms with Crippen LogP contribution in [0.4, 0.5) is 11.8 Å². The second-order valence-electron chi connectivity index (χ2n) is 7.91. The Morgan fingerprint density at radius 2 is 1.77 bits per heavy atom. The normalized spacial score (nSPS) is 17.8. The minimum absolute atomic E-state index is 0.0405. The van der Waals surface area contributed by atoms with E-state index in [1.807, 2.05) is 36.4 Å². The summed E-state index contributed by atoms with van der Waals surface area (Å²) in [5, 5.41) is 3.21. The highest BCUT2D eigenvalue weighted by Crippen LogP contribution is 2.47. The van der Waals surface area contributed by atoms with E-state index in [0.29, 0.717) is 34.1 Å². The number of aromatic nitrogens is 2. The second-order valence-corrected chi connectivity index (χ2v) is 7.91. The Kier molecular flexibility index (Phi) is 4.10. The highest BCUT2D eigenvalue weighted by molar-refractivity contribution is 6.23. The number of hydrogen-bond donors (Lipinski definition) is 3. The number of rotatable bonds is 3.